The van der Waals surface area contributed by atoms with Gasteiger partial charge in [-0.3, -0.25) is 14.2 Å². The first-order valence-electron chi connectivity index (χ1n) is 24.5. The van der Waals surface area contributed by atoms with Crippen LogP contribution in [0.2, 0.25) is 0 Å². The van der Waals surface area contributed by atoms with Gasteiger partial charge in [-0.2, -0.15) is 0 Å². The van der Waals surface area contributed by atoms with E-state index < -0.39 is 38.6 Å². The zero-order valence-electron chi connectivity index (χ0n) is 41.0. The molecule has 0 aromatic carbocycles. The molecule has 0 saturated carbocycles. The van der Waals surface area contributed by atoms with Crippen molar-refractivity contribution in [1.82, 2.24) is 0 Å². The molecule has 1 N–H and O–H groups in total. The number of likely N-dealkylation sites (N-methyl/N-ethyl adjacent to an activating group) is 1. The van der Waals surface area contributed by atoms with Gasteiger partial charge >= 0.3 is 11.9 Å². The van der Waals surface area contributed by atoms with Crippen LogP contribution < -0.4 is 4.89 Å². The average Bonchev–Trinajstić information content (AvgIpc) is 3.51. The minimum absolute atomic E-state index is 0.0551. The number of allylic oxidation sites excluding steroid dienone is 8. The maximum Gasteiger partial charge on any atom is 0.306 e. The molecule has 1 aromatic heterocycles. The molecule has 1 heterocycles. The van der Waals surface area contributed by atoms with Gasteiger partial charge in [-0.05, 0) is 82.8 Å². The van der Waals surface area contributed by atoms with Crippen molar-refractivity contribution in [3.63, 3.8) is 0 Å². The lowest BCUT2D eigenvalue weighted by Crippen LogP contribution is -2.37. The third kappa shape index (κ3) is 33.4. The van der Waals surface area contributed by atoms with Gasteiger partial charge in [0.1, 0.15) is 31.3 Å². The van der Waals surface area contributed by atoms with E-state index in [0.717, 1.165) is 57.8 Å². The maximum atomic E-state index is 12.8. The highest BCUT2D eigenvalue weighted by molar-refractivity contribution is 7.45. The largest absolute Gasteiger partial charge is 0.756 e. The fourth-order valence-corrected chi connectivity index (χ4v) is 7.44. The second kappa shape index (κ2) is 37.1. The Morgan fingerprint density at radius 2 is 1.27 bits per heavy atom. The number of aryl methyl sites for hydroxylation is 2. The summed E-state index contributed by atoms with van der Waals surface area (Å²) in [7, 11) is 1.08. The van der Waals surface area contributed by atoms with E-state index in [-0.39, 0.29) is 26.1 Å². The second-order valence-electron chi connectivity index (χ2n) is 17.9. The summed E-state index contributed by atoms with van der Waals surface area (Å²) < 4.78 is 40.2. The highest BCUT2D eigenvalue weighted by Gasteiger charge is 2.22. The summed E-state index contributed by atoms with van der Waals surface area (Å²) in [4.78, 5) is 37.7. The van der Waals surface area contributed by atoms with Gasteiger partial charge in [-0.1, -0.05) is 139 Å². The summed E-state index contributed by atoms with van der Waals surface area (Å²) >= 11 is 0. The van der Waals surface area contributed by atoms with Crippen LogP contribution in [0.4, 0.5) is 0 Å². The van der Waals surface area contributed by atoms with Gasteiger partial charge in [0, 0.05) is 25.7 Å². The van der Waals surface area contributed by atoms with Crippen molar-refractivity contribution >= 4 is 19.8 Å². The standard InChI is InChI=1S/C52H88NO10P/c1-8-10-30-37-49-45(3)46(4)50(63-49)38-32-27-23-19-16-17-21-25-29-34-40-52(56)62-48(44-61-64(57,58)60-42-41-53(5,6)7)43-59-51(55)39-33-28-24-20-15-13-12-14-18-22-26-31-36-47(54)35-11-9-2/h11-13,18,20,22,24,26,31,35,47-48,54H,8-10,14-17,19,21,23,25,27-30,32-34,36-44H2,1-7H3/b13-12-,22-18-,24-20-,31-26+,35-11-/t47?,48-/m1/s1. The van der Waals surface area contributed by atoms with Crippen molar-refractivity contribution in [1.29, 1.82) is 0 Å². The van der Waals surface area contributed by atoms with Gasteiger partial charge in [-0.15, -0.1) is 0 Å². The number of quaternary nitrogens is 1. The number of aliphatic hydroxyl groups is 1. The molecule has 0 aliphatic heterocycles. The summed E-state index contributed by atoms with van der Waals surface area (Å²) in [6.45, 7) is 8.24. The van der Waals surface area contributed by atoms with Crippen molar-refractivity contribution in [3.8, 4) is 0 Å². The highest BCUT2D eigenvalue weighted by atomic mass is 31.2. The van der Waals surface area contributed by atoms with E-state index >= 15 is 0 Å². The number of hydrogen-bond acceptors (Lipinski definition) is 10. The monoisotopic (exact) mass is 918 g/mol. The van der Waals surface area contributed by atoms with E-state index in [1.807, 2.05) is 70.6 Å². The first-order chi connectivity index (χ1) is 30.7. The van der Waals surface area contributed by atoms with Crippen molar-refractivity contribution < 1.29 is 51.6 Å². The van der Waals surface area contributed by atoms with Crippen LogP contribution in [0.5, 0.6) is 0 Å². The van der Waals surface area contributed by atoms with Gasteiger partial charge in [0.2, 0.25) is 0 Å². The first kappa shape index (κ1) is 59.0. The van der Waals surface area contributed by atoms with E-state index in [9.17, 15) is 24.2 Å². The van der Waals surface area contributed by atoms with Crippen molar-refractivity contribution in [2.45, 2.75) is 188 Å². The first-order valence-corrected chi connectivity index (χ1v) is 25.9. The molecule has 0 radical (unpaired) electrons. The number of unbranched alkanes of at least 4 members (excludes halogenated alkanes) is 12. The number of furan rings is 1. The molecule has 366 valence electrons. The molecule has 0 spiro atoms. The van der Waals surface area contributed by atoms with Crippen LogP contribution in [0.25, 0.3) is 0 Å². The molecule has 0 bridgehead atoms. The molecule has 0 saturated heterocycles. The minimum atomic E-state index is -4.66. The Labute approximate surface area is 388 Å². The number of hydrogen-bond donors (Lipinski definition) is 1. The molecule has 0 amide bonds. The Hall–Kier alpha value is -3.05. The summed E-state index contributed by atoms with van der Waals surface area (Å²) in [6, 6.07) is 0. The summed E-state index contributed by atoms with van der Waals surface area (Å²) in [6.07, 6.45) is 39.9. The Balaban J connectivity index is 2.36. The van der Waals surface area contributed by atoms with Crippen LogP contribution in [0.15, 0.2) is 65.2 Å². The molecular formula is C52H88NO10P. The number of carbonyl (C=O) groups excluding carboxylic acids is 2. The third-order valence-electron chi connectivity index (χ3n) is 10.8. The number of rotatable bonds is 40. The van der Waals surface area contributed by atoms with E-state index in [1.165, 1.54) is 74.0 Å². The smallest absolute Gasteiger partial charge is 0.306 e. The number of ether oxygens (including phenoxy) is 2. The van der Waals surface area contributed by atoms with Gasteiger partial charge in [-0.25, -0.2) is 0 Å². The van der Waals surface area contributed by atoms with Crippen LogP contribution in [-0.2, 0) is 45.5 Å². The summed E-state index contributed by atoms with van der Waals surface area (Å²) in [5.74, 6) is 1.41. The van der Waals surface area contributed by atoms with Crippen LogP contribution in [0, 0.1) is 13.8 Å². The fourth-order valence-electron chi connectivity index (χ4n) is 6.71. The van der Waals surface area contributed by atoms with Crippen LogP contribution in [0.3, 0.4) is 0 Å². The summed E-state index contributed by atoms with van der Waals surface area (Å²) in [5.41, 5.74) is 2.68. The molecule has 3 atom stereocenters. The predicted octanol–water partition coefficient (Wildman–Crippen LogP) is 12.0. The number of carbonyl (C=O) groups is 2. The number of esters is 2. The summed E-state index contributed by atoms with van der Waals surface area (Å²) in [5, 5.41) is 9.79. The molecule has 11 nitrogen and oxygen atoms in total. The predicted molar refractivity (Wildman–Crippen MR) is 259 cm³/mol. The quantitative estimate of drug-likeness (QED) is 0.0169. The molecule has 12 heteroatoms. The Morgan fingerprint density at radius 1 is 0.703 bits per heavy atom. The SMILES string of the molecule is CC/C=C\C(O)C/C=C/C=C\C/C=C\C/C=C\CCCC(=O)OC[C@H](COP(=O)([O-])OCC[N+](C)(C)C)OC(=O)CCCCCCCCCCCCc1oc(CCCCC)c(C)c1C. The van der Waals surface area contributed by atoms with E-state index in [2.05, 4.69) is 39.0 Å². The molecule has 2 unspecified atom stereocenters. The molecule has 1 rings (SSSR count). The topological polar surface area (TPSA) is 145 Å². The molecular weight excluding hydrogens is 830 g/mol. The zero-order valence-corrected chi connectivity index (χ0v) is 41.9. The molecule has 0 aliphatic rings. The number of aliphatic hydroxyl groups excluding tert-OH is 1. The van der Waals surface area contributed by atoms with Crippen molar-refractivity contribution in [2.24, 2.45) is 0 Å². The lowest BCUT2D eigenvalue weighted by atomic mass is 10.0. The van der Waals surface area contributed by atoms with E-state index in [0.29, 0.717) is 36.7 Å². The van der Waals surface area contributed by atoms with Crippen LogP contribution >= 0.6 is 7.82 Å². The molecule has 0 aliphatic carbocycles. The van der Waals surface area contributed by atoms with Gasteiger partial charge in [0.05, 0.1) is 33.9 Å². The minimum Gasteiger partial charge on any atom is -0.756 e. The van der Waals surface area contributed by atoms with E-state index in [4.69, 9.17) is 22.9 Å². The fraction of sp³-hybridized carbons (Fsp3) is 0.692. The maximum absolute atomic E-state index is 12.8. The molecule has 1 aromatic rings. The lowest BCUT2D eigenvalue weighted by molar-refractivity contribution is -0.870. The molecule has 0 fully saturated rings. The highest BCUT2D eigenvalue weighted by Crippen LogP contribution is 2.38. The van der Waals surface area contributed by atoms with Gasteiger partial charge < -0.3 is 37.4 Å². The van der Waals surface area contributed by atoms with Gasteiger partial charge in [0.15, 0.2) is 6.10 Å². The zero-order chi connectivity index (χ0) is 47.3. The van der Waals surface area contributed by atoms with E-state index in [1.54, 1.807) is 0 Å². The van der Waals surface area contributed by atoms with Crippen molar-refractivity contribution in [2.75, 3.05) is 47.5 Å². The van der Waals surface area contributed by atoms with Crippen LogP contribution in [0.1, 0.15) is 171 Å². The molecule has 64 heavy (non-hydrogen) atoms. The average molecular weight is 918 g/mol. The van der Waals surface area contributed by atoms with Gasteiger partial charge in [0.25, 0.3) is 7.82 Å². The lowest BCUT2D eigenvalue weighted by Gasteiger charge is -2.28. The normalized spacial score (nSPS) is 14.5. The Bertz CT molecular complexity index is 1570. The number of phosphoric acid groups is 1. The van der Waals surface area contributed by atoms with Crippen molar-refractivity contribution in [3.05, 3.63) is 83.4 Å². The number of nitrogens with zero attached hydrogens (tertiary/aromatic N) is 1. The van der Waals surface area contributed by atoms with Crippen LogP contribution in [-0.4, -0.2) is 81.2 Å². The number of phosphoric ester groups is 1. The third-order valence-corrected chi connectivity index (χ3v) is 11.8. The Kier molecular flexibility index (Phi) is 34.2. The second-order valence-corrected chi connectivity index (χ2v) is 19.3. The Morgan fingerprint density at radius 3 is 1.89 bits per heavy atom.